The smallest absolute Gasteiger partial charge is 0.344 e. The Kier molecular flexibility index (Phi) is 5.52. The van der Waals surface area contributed by atoms with Gasteiger partial charge in [-0.2, -0.15) is 5.26 Å². The van der Waals surface area contributed by atoms with E-state index in [1.807, 2.05) is 13.0 Å². The highest BCUT2D eigenvalue weighted by Crippen LogP contribution is 2.20. The molecule has 0 atom stereocenters. The highest BCUT2D eigenvalue weighted by Gasteiger charge is 2.07. The molecule has 0 aromatic heterocycles. The van der Waals surface area contributed by atoms with Gasteiger partial charge in [-0.1, -0.05) is 13.3 Å². The molecule has 0 aliphatic carbocycles. The number of nitrogens with two attached hydrogens (primary N) is 1. The molecule has 0 aliphatic heterocycles. The van der Waals surface area contributed by atoms with Gasteiger partial charge < -0.3 is 15.2 Å². The van der Waals surface area contributed by atoms with Crippen LogP contribution in [-0.4, -0.2) is 19.2 Å². The number of unbranched alkanes of at least 4 members (excludes halogenated alkanes) is 1. The zero-order valence-corrected chi connectivity index (χ0v) is 10.3. The summed E-state index contributed by atoms with van der Waals surface area (Å²) in [5, 5.41) is 8.88. The monoisotopic (exact) mass is 248 g/mol. The van der Waals surface area contributed by atoms with E-state index in [9.17, 15) is 4.79 Å². The zero-order valence-electron chi connectivity index (χ0n) is 10.3. The summed E-state index contributed by atoms with van der Waals surface area (Å²) in [6.07, 6.45) is 1.79. The molecular formula is C13H16N2O3. The Bertz CT molecular complexity index is 452. The quantitative estimate of drug-likeness (QED) is 0.472. The standard InChI is InChI=1S/C13H16N2O3/c1-2-3-6-17-13(16)9-18-12-5-4-11(15)7-10(12)8-14/h4-5,7H,2-3,6,9,15H2,1H3. The van der Waals surface area contributed by atoms with Crippen LogP contribution in [0, 0.1) is 11.3 Å². The van der Waals surface area contributed by atoms with E-state index in [2.05, 4.69) is 0 Å². The van der Waals surface area contributed by atoms with Crippen LogP contribution in [0.2, 0.25) is 0 Å². The summed E-state index contributed by atoms with van der Waals surface area (Å²) in [6, 6.07) is 6.63. The van der Waals surface area contributed by atoms with Crippen LogP contribution in [0.15, 0.2) is 18.2 Å². The van der Waals surface area contributed by atoms with Gasteiger partial charge in [0.1, 0.15) is 11.8 Å². The molecule has 0 unspecified atom stereocenters. The summed E-state index contributed by atoms with van der Waals surface area (Å²) in [4.78, 5) is 11.3. The van der Waals surface area contributed by atoms with Crippen molar-refractivity contribution < 1.29 is 14.3 Å². The van der Waals surface area contributed by atoms with Gasteiger partial charge in [0.05, 0.1) is 12.2 Å². The topological polar surface area (TPSA) is 85.3 Å². The molecule has 1 rings (SSSR count). The molecular weight excluding hydrogens is 232 g/mol. The molecule has 0 fully saturated rings. The Hall–Kier alpha value is -2.22. The predicted octanol–water partition coefficient (Wildman–Crippen LogP) is 1.86. The molecule has 96 valence electrons. The van der Waals surface area contributed by atoms with E-state index in [0.29, 0.717) is 23.6 Å². The van der Waals surface area contributed by atoms with E-state index >= 15 is 0 Å². The first-order chi connectivity index (χ1) is 8.67. The van der Waals surface area contributed by atoms with E-state index in [0.717, 1.165) is 12.8 Å². The van der Waals surface area contributed by atoms with E-state index in [4.69, 9.17) is 20.5 Å². The first kappa shape index (κ1) is 13.8. The molecule has 0 amide bonds. The van der Waals surface area contributed by atoms with Crippen LogP contribution in [0.5, 0.6) is 5.75 Å². The van der Waals surface area contributed by atoms with Gasteiger partial charge in [-0.3, -0.25) is 0 Å². The number of hydrogen-bond acceptors (Lipinski definition) is 5. The lowest BCUT2D eigenvalue weighted by Crippen LogP contribution is -2.15. The zero-order chi connectivity index (χ0) is 13.4. The number of rotatable bonds is 6. The van der Waals surface area contributed by atoms with E-state index < -0.39 is 5.97 Å². The third-order valence-electron chi connectivity index (χ3n) is 2.23. The van der Waals surface area contributed by atoms with Gasteiger partial charge in [-0.05, 0) is 24.6 Å². The van der Waals surface area contributed by atoms with Gasteiger partial charge in [-0.25, -0.2) is 4.79 Å². The van der Waals surface area contributed by atoms with Gasteiger partial charge in [0, 0.05) is 5.69 Å². The molecule has 18 heavy (non-hydrogen) atoms. The maximum atomic E-state index is 11.3. The molecule has 2 N–H and O–H groups in total. The number of hydrogen-bond donors (Lipinski definition) is 1. The summed E-state index contributed by atoms with van der Waals surface area (Å²) in [7, 11) is 0. The lowest BCUT2D eigenvalue weighted by Gasteiger charge is -2.08. The number of nitrogen functional groups attached to an aromatic ring is 1. The molecule has 0 bridgehead atoms. The first-order valence-corrected chi connectivity index (χ1v) is 5.75. The van der Waals surface area contributed by atoms with Crippen molar-refractivity contribution >= 4 is 11.7 Å². The summed E-state index contributed by atoms with van der Waals surface area (Å²) in [5.41, 5.74) is 6.32. The SMILES string of the molecule is CCCCOC(=O)COc1ccc(N)cc1C#N. The summed E-state index contributed by atoms with van der Waals surface area (Å²) in [5.74, 6) is -0.108. The number of ether oxygens (including phenoxy) is 2. The van der Waals surface area contributed by atoms with Gasteiger partial charge in [0.2, 0.25) is 0 Å². The average Bonchev–Trinajstić information content (AvgIpc) is 2.37. The largest absolute Gasteiger partial charge is 0.481 e. The minimum Gasteiger partial charge on any atom is -0.481 e. The van der Waals surface area contributed by atoms with Crippen LogP contribution in [0.3, 0.4) is 0 Å². The van der Waals surface area contributed by atoms with Crippen molar-refractivity contribution in [2.75, 3.05) is 18.9 Å². The van der Waals surface area contributed by atoms with Crippen LogP contribution < -0.4 is 10.5 Å². The van der Waals surface area contributed by atoms with E-state index in [1.54, 1.807) is 12.1 Å². The molecule has 5 nitrogen and oxygen atoms in total. The molecule has 0 radical (unpaired) electrons. The number of benzene rings is 1. The lowest BCUT2D eigenvalue weighted by atomic mass is 10.2. The second kappa shape index (κ2) is 7.17. The van der Waals surface area contributed by atoms with Gasteiger partial charge in [0.25, 0.3) is 0 Å². The van der Waals surface area contributed by atoms with Crippen molar-refractivity contribution in [3.63, 3.8) is 0 Å². The molecule has 0 saturated heterocycles. The lowest BCUT2D eigenvalue weighted by molar-refractivity contribution is -0.146. The van der Waals surface area contributed by atoms with Gasteiger partial charge in [0.15, 0.2) is 6.61 Å². The Morgan fingerprint density at radius 3 is 2.94 bits per heavy atom. The third-order valence-corrected chi connectivity index (χ3v) is 2.23. The van der Waals surface area contributed by atoms with E-state index in [-0.39, 0.29) is 6.61 Å². The summed E-state index contributed by atoms with van der Waals surface area (Å²) < 4.78 is 10.2. The molecule has 0 aliphatic rings. The Morgan fingerprint density at radius 1 is 1.50 bits per heavy atom. The predicted molar refractivity (Wildman–Crippen MR) is 66.9 cm³/mol. The number of nitrogens with zero attached hydrogens (tertiary/aromatic N) is 1. The molecule has 0 spiro atoms. The molecule has 5 heteroatoms. The normalized spacial score (nSPS) is 9.56. The van der Waals surface area contributed by atoms with Crippen LogP contribution in [0.4, 0.5) is 5.69 Å². The van der Waals surface area contributed by atoms with Crippen molar-refractivity contribution in [3.05, 3.63) is 23.8 Å². The van der Waals surface area contributed by atoms with Crippen molar-refractivity contribution in [2.24, 2.45) is 0 Å². The van der Waals surface area contributed by atoms with Gasteiger partial charge in [-0.15, -0.1) is 0 Å². The maximum absolute atomic E-state index is 11.3. The second-order valence-electron chi connectivity index (χ2n) is 3.73. The first-order valence-electron chi connectivity index (χ1n) is 5.75. The number of anilines is 1. The van der Waals surface area contributed by atoms with Gasteiger partial charge >= 0.3 is 5.97 Å². The number of carbonyl (C=O) groups excluding carboxylic acids is 1. The Labute approximate surface area is 106 Å². The van der Waals surface area contributed by atoms with Crippen LogP contribution in [0.1, 0.15) is 25.3 Å². The third kappa shape index (κ3) is 4.34. The fraction of sp³-hybridized carbons (Fsp3) is 0.385. The number of esters is 1. The fourth-order valence-corrected chi connectivity index (χ4v) is 1.27. The fourth-order valence-electron chi connectivity index (χ4n) is 1.27. The van der Waals surface area contributed by atoms with Crippen molar-refractivity contribution in [1.82, 2.24) is 0 Å². The van der Waals surface area contributed by atoms with E-state index in [1.165, 1.54) is 6.07 Å². The second-order valence-corrected chi connectivity index (χ2v) is 3.73. The minimum absolute atomic E-state index is 0.206. The summed E-state index contributed by atoms with van der Waals surface area (Å²) in [6.45, 7) is 2.20. The Balaban J connectivity index is 2.48. The number of carbonyl (C=O) groups is 1. The van der Waals surface area contributed by atoms with Crippen molar-refractivity contribution in [1.29, 1.82) is 5.26 Å². The van der Waals surface area contributed by atoms with Crippen molar-refractivity contribution in [3.8, 4) is 11.8 Å². The molecule has 0 saturated carbocycles. The average molecular weight is 248 g/mol. The maximum Gasteiger partial charge on any atom is 0.344 e. The van der Waals surface area contributed by atoms with Crippen molar-refractivity contribution in [2.45, 2.75) is 19.8 Å². The highest BCUT2D eigenvalue weighted by molar-refractivity contribution is 5.71. The molecule has 1 aromatic carbocycles. The van der Waals surface area contributed by atoms with Crippen LogP contribution in [0.25, 0.3) is 0 Å². The Morgan fingerprint density at radius 2 is 2.28 bits per heavy atom. The van der Waals surface area contributed by atoms with Crippen LogP contribution in [-0.2, 0) is 9.53 Å². The molecule has 0 heterocycles. The van der Waals surface area contributed by atoms with Crippen LogP contribution >= 0.6 is 0 Å². The minimum atomic E-state index is -0.441. The summed E-state index contributed by atoms with van der Waals surface area (Å²) >= 11 is 0. The molecule has 1 aromatic rings. The number of nitriles is 1. The highest BCUT2D eigenvalue weighted by atomic mass is 16.6.